The number of carbonyl (C=O) groups is 1. The zero-order valence-corrected chi connectivity index (χ0v) is 16.2. The highest BCUT2D eigenvalue weighted by atomic mass is 79.9. The predicted molar refractivity (Wildman–Crippen MR) is 102 cm³/mol. The third-order valence-corrected chi connectivity index (χ3v) is 5.61. The van der Waals surface area contributed by atoms with E-state index in [0.29, 0.717) is 23.1 Å². The Morgan fingerprint density at radius 2 is 2.35 bits per heavy atom. The maximum Gasteiger partial charge on any atom is 0.322 e. The Bertz CT molecular complexity index is 958. The van der Waals surface area contributed by atoms with Crippen LogP contribution < -0.4 is 5.32 Å². The summed E-state index contributed by atoms with van der Waals surface area (Å²) in [6, 6.07) is 4.18. The van der Waals surface area contributed by atoms with Gasteiger partial charge in [-0.05, 0) is 41.1 Å². The Balaban J connectivity index is 1.57. The van der Waals surface area contributed by atoms with Gasteiger partial charge in [0.05, 0.1) is 16.5 Å². The number of carbonyl (C=O) groups excluding carboxylic acids is 1. The van der Waals surface area contributed by atoms with Crippen LogP contribution in [0, 0.1) is 5.82 Å². The van der Waals surface area contributed by atoms with Gasteiger partial charge in [-0.2, -0.15) is 5.10 Å². The molecule has 4 rings (SSSR count). The standard InChI is InChI=1S/C17H15BrFN5OS/c1-9-4-14-11(16(23-22-14)15-7-26-8-20-15)6-24(9)17(25)21-10-2-3-13(19)12(18)5-10/h2-3,5,7-9H,4,6H2,1H3,(H,21,25)(H,22,23). The largest absolute Gasteiger partial charge is 0.322 e. The number of hydrogen-bond acceptors (Lipinski definition) is 4. The number of anilines is 1. The molecule has 2 N–H and O–H groups in total. The van der Waals surface area contributed by atoms with Gasteiger partial charge >= 0.3 is 6.03 Å². The Hall–Kier alpha value is -2.26. The summed E-state index contributed by atoms with van der Waals surface area (Å²) in [6.45, 7) is 2.43. The molecule has 6 nitrogen and oxygen atoms in total. The highest BCUT2D eigenvalue weighted by Gasteiger charge is 2.31. The molecule has 1 aromatic carbocycles. The minimum atomic E-state index is -0.370. The van der Waals surface area contributed by atoms with E-state index >= 15 is 0 Å². The van der Waals surface area contributed by atoms with E-state index in [0.717, 1.165) is 22.6 Å². The maximum atomic E-state index is 13.4. The van der Waals surface area contributed by atoms with Crippen LogP contribution in [-0.4, -0.2) is 32.2 Å². The molecule has 134 valence electrons. The molecule has 3 heterocycles. The van der Waals surface area contributed by atoms with Crippen LogP contribution in [0.3, 0.4) is 0 Å². The second-order valence-corrected chi connectivity index (χ2v) is 7.72. The Kier molecular flexibility index (Phi) is 4.49. The SMILES string of the molecule is CC1Cc2[nH]nc(-c3cscn3)c2CN1C(=O)Nc1ccc(F)c(Br)c1. The monoisotopic (exact) mass is 435 g/mol. The average Bonchev–Trinajstić information content (AvgIpc) is 3.26. The van der Waals surface area contributed by atoms with Gasteiger partial charge < -0.3 is 10.2 Å². The number of aromatic nitrogens is 3. The summed E-state index contributed by atoms with van der Waals surface area (Å²) in [5.41, 5.74) is 5.92. The fraction of sp³-hybridized carbons (Fsp3) is 0.235. The smallest absolute Gasteiger partial charge is 0.317 e. The van der Waals surface area contributed by atoms with Gasteiger partial charge in [0, 0.05) is 34.8 Å². The van der Waals surface area contributed by atoms with Crippen molar-refractivity contribution in [3.8, 4) is 11.4 Å². The predicted octanol–water partition coefficient (Wildman–Crippen LogP) is 4.41. The van der Waals surface area contributed by atoms with Crippen molar-refractivity contribution in [1.82, 2.24) is 20.1 Å². The summed E-state index contributed by atoms with van der Waals surface area (Å²) in [4.78, 5) is 18.8. The van der Waals surface area contributed by atoms with Crippen LogP contribution in [0.4, 0.5) is 14.9 Å². The molecule has 0 radical (unpaired) electrons. The van der Waals surface area contributed by atoms with Gasteiger partial charge in [0.2, 0.25) is 0 Å². The number of nitrogens with zero attached hydrogens (tertiary/aromatic N) is 3. The molecule has 0 saturated heterocycles. The van der Waals surface area contributed by atoms with Crippen molar-refractivity contribution >= 4 is 39.0 Å². The molecule has 0 saturated carbocycles. The fourth-order valence-corrected chi connectivity index (χ4v) is 3.97. The lowest BCUT2D eigenvalue weighted by Crippen LogP contribution is -2.44. The summed E-state index contributed by atoms with van der Waals surface area (Å²) >= 11 is 4.64. The summed E-state index contributed by atoms with van der Waals surface area (Å²) in [5, 5.41) is 12.2. The van der Waals surface area contributed by atoms with Crippen molar-refractivity contribution in [2.75, 3.05) is 5.32 Å². The summed E-state index contributed by atoms with van der Waals surface area (Å²) < 4.78 is 13.7. The first-order valence-electron chi connectivity index (χ1n) is 8.00. The van der Waals surface area contributed by atoms with Crippen LogP contribution in [0.5, 0.6) is 0 Å². The van der Waals surface area contributed by atoms with Crippen molar-refractivity contribution in [2.24, 2.45) is 0 Å². The molecular weight excluding hydrogens is 421 g/mol. The third-order valence-electron chi connectivity index (χ3n) is 4.42. The van der Waals surface area contributed by atoms with Gasteiger partial charge in [-0.15, -0.1) is 11.3 Å². The average molecular weight is 436 g/mol. The van der Waals surface area contributed by atoms with E-state index in [2.05, 4.69) is 36.4 Å². The minimum absolute atomic E-state index is 0.00937. The van der Waals surface area contributed by atoms with Gasteiger partial charge in [-0.3, -0.25) is 5.10 Å². The summed E-state index contributed by atoms with van der Waals surface area (Å²) in [6.07, 6.45) is 0.688. The molecule has 1 aliphatic rings. The topological polar surface area (TPSA) is 73.9 Å². The Labute approximate surface area is 161 Å². The number of thiazole rings is 1. The highest BCUT2D eigenvalue weighted by Crippen LogP contribution is 2.31. The molecule has 2 aromatic heterocycles. The lowest BCUT2D eigenvalue weighted by Gasteiger charge is -2.33. The summed E-state index contributed by atoms with van der Waals surface area (Å²) in [7, 11) is 0. The maximum absolute atomic E-state index is 13.4. The second kappa shape index (κ2) is 6.81. The fourth-order valence-electron chi connectivity index (χ4n) is 3.05. The number of amides is 2. The first-order chi connectivity index (χ1) is 12.5. The van der Waals surface area contributed by atoms with Crippen molar-refractivity contribution in [1.29, 1.82) is 0 Å². The molecule has 1 aliphatic heterocycles. The van der Waals surface area contributed by atoms with Crippen LogP contribution in [0.1, 0.15) is 18.2 Å². The molecule has 1 unspecified atom stereocenters. The second-order valence-electron chi connectivity index (χ2n) is 6.14. The highest BCUT2D eigenvalue weighted by molar-refractivity contribution is 9.10. The molecule has 0 aliphatic carbocycles. The van der Waals surface area contributed by atoms with E-state index in [1.54, 1.807) is 16.5 Å². The molecule has 0 spiro atoms. The molecule has 0 bridgehead atoms. The van der Waals surface area contributed by atoms with E-state index < -0.39 is 0 Å². The van der Waals surface area contributed by atoms with E-state index in [1.165, 1.54) is 23.5 Å². The van der Waals surface area contributed by atoms with Crippen LogP contribution >= 0.6 is 27.3 Å². The van der Waals surface area contributed by atoms with E-state index in [9.17, 15) is 9.18 Å². The minimum Gasteiger partial charge on any atom is -0.317 e. The molecule has 0 fully saturated rings. The number of urea groups is 1. The normalized spacial score (nSPS) is 16.4. The number of rotatable bonds is 2. The number of aromatic amines is 1. The number of nitrogens with one attached hydrogen (secondary N) is 2. The molecule has 3 aromatic rings. The van der Waals surface area contributed by atoms with Gasteiger partial charge in [0.25, 0.3) is 0 Å². The van der Waals surface area contributed by atoms with Crippen LogP contribution in [0.15, 0.2) is 33.6 Å². The number of fused-ring (bicyclic) bond motifs is 1. The lowest BCUT2D eigenvalue weighted by atomic mass is 9.99. The molecule has 1 atom stereocenters. The number of halogens is 2. The first kappa shape index (κ1) is 17.2. The summed E-state index contributed by atoms with van der Waals surface area (Å²) in [5.74, 6) is -0.370. The lowest BCUT2D eigenvalue weighted by molar-refractivity contribution is 0.182. The van der Waals surface area contributed by atoms with E-state index in [-0.39, 0.29) is 17.9 Å². The van der Waals surface area contributed by atoms with Gasteiger partial charge in [-0.25, -0.2) is 14.2 Å². The molecule has 26 heavy (non-hydrogen) atoms. The van der Waals surface area contributed by atoms with Gasteiger partial charge in [-0.1, -0.05) is 0 Å². The zero-order valence-electron chi connectivity index (χ0n) is 13.8. The Morgan fingerprint density at radius 3 is 3.08 bits per heavy atom. The molecule has 2 amide bonds. The van der Waals surface area contributed by atoms with Crippen LogP contribution in [0.25, 0.3) is 11.4 Å². The van der Waals surface area contributed by atoms with E-state index in [4.69, 9.17) is 0 Å². The van der Waals surface area contributed by atoms with Crippen molar-refractivity contribution < 1.29 is 9.18 Å². The Morgan fingerprint density at radius 1 is 1.50 bits per heavy atom. The van der Waals surface area contributed by atoms with Crippen molar-refractivity contribution in [2.45, 2.75) is 25.9 Å². The van der Waals surface area contributed by atoms with Gasteiger partial charge in [0.1, 0.15) is 17.2 Å². The van der Waals surface area contributed by atoms with E-state index in [1.807, 2.05) is 12.3 Å². The van der Waals surface area contributed by atoms with Crippen molar-refractivity contribution in [3.05, 3.63) is 50.6 Å². The quantitative estimate of drug-likeness (QED) is 0.625. The van der Waals surface area contributed by atoms with Gasteiger partial charge in [0.15, 0.2) is 0 Å². The molecular formula is C17H15BrFN5OS. The van der Waals surface area contributed by atoms with Crippen molar-refractivity contribution in [3.63, 3.8) is 0 Å². The van der Waals surface area contributed by atoms with Crippen LogP contribution in [0.2, 0.25) is 0 Å². The number of hydrogen-bond donors (Lipinski definition) is 2. The number of H-pyrrole nitrogens is 1. The third kappa shape index (κ3) is 3.12. The van der Waals surface area contributed by atoms with Crippen LogP contribution in [-0.2, 0) is 13.0 Å². The molecule has 9 heteroatoms. The number of benzene rings is 1. The first-order valence-corrected chi connectivity index (χ1v) is 9.74. The zero-order chi connectivity index (χ0) is 18.3.